The highest BCUT2D eigenvalue weighted by Crippen LogP contribution is 2.31. The van der Waals surface area contributed by atoms with Crippen molar-refractivity contribution >= 4 is 27.5 Å². The summed E-state index contributed by atoms with van der Waals surface area (Å²) in [5.74, 6) is 0. The van der Waals surface area contributed by atoms with Gasteiger partial charge >= 0.3 is 0 Å². The Labute approximate surface area is 131 Å². The molecule has 0 aliphatic carbocycles. The van der Waals surface area contributed by atoms with E-state index in [0.29, 0.717) is 17.1 Å². The molecule has 1 N–H and O–H groups in total. The van der Waals surface area contributed by atoms with Crippen LogP contribution < -0.4 is 0 Å². The monoisotopic (exact) mass is 360 g/mol. The van der Waals surface area contributed by atoms with Crippen molar-refractivity contribution in [1.82, 2.24) is 19.6 Å². The number of rotatable bonds is 4. The van der Waals surface area contributed by atoms with Gasteiger partial charge in [0, 0.05) is 26.1 Å². The first-order chi connectivity index (χ1) is 9.36. The molecular formula is C13H18BrClN4O. The molecule has 2 rings (SSSR count). The van der Waals surface area contributed by atoms with Crippen LogP contribution in [0, 0.1) is 6.92 Å². The second kappa shape index (κ2) is 5.87. The highest BCUT2D eigenvalue weighted by molar-refractivity contribution is 9.10. The van der Waals surface area contributed by atoms with E-state index < -0.39 is 6.10 Å². The van der Waals surface area contributed by atoms with Crippen LogP contribution in [0.15, 0.2) is 4.47 Å². The van der Waals surface area contributed by atoms with Gasteiger partial charge in [0.05, 0.1) is 27.7 Å². The Bertz CT molecular complexity index is 635. The summed E-state index contributed by atoms with van der Waals surface area (Å²) >= 11 is 9.75. The maximum atomic E-state index is 10.5. The Morgan fingerprint density at radius 2 is 1.95 bits per heavy atom. The average Bonchev–Trinajstić information content (AvgIpc) is 2.79. The lowest BCUT2D eigenvalue weighted by atomic mass is 10.1. The number of hydrogen-bond donors (Lipinski definition) is 1. The van der Waals surface area contributed by atoms with E-state index in [2.05, 4.69) is 33.1 Å². The molecule has 0 aromatic carbocycles. The fourth-order valence-electron chi connectivity index (χ4n) is 2.35. The molecule has 7 heteroatoms. The lowest BCUT2D eigenvalue weighted by Crippen LogP contribution is -2.08. The zero-order valence-electron chi connectivity index (χ0n) is 12.0. The van der Waals surface area contributed by atoms with Gasteiger partial charge in [-0.1, -0.05) is 18.5 Å². The highest BCUT2D eigenvalue weighted by atomic mass is 79.9. The fraction of sp³-hybridized carbons (Fsp3) is 0.538. The maximum Gasteiger partial charge on any atom is 0.132 e. The lowest BCUT2D eigenvalue weighted by molar-refractivity contribution is 0.175. The van der Waals surface area contributed by atoms with Crippen molar-refractivity contribution in [3.63, 3.8) is 0 Å². The summed E-state index contributed by atoms with van der Waals surface area (Å²) in [6.07, 6.45) is 0.584. The summed E-state index contributed by atoms with van der Waals surface area (Å²) in [5, 5.41) is 19.6. The first-order valence-electron chi connectivity index (χ1n) is 6.44. The summed E-state index contributed by atoms with van der Waals surface area (Å²) in [6.45, 7) is 3.90. The molecule has 0 aliphatic rings. The van der Waals surface area contributed by atoms with E-state index in [1.54, 1.807) is 16.4 Å². The molecule has 2 aromatic rings. The Kier molecular flexibility index (Phi) is 4.56. The number of aliphatic hydroxyl groups is 1. The van der Waals surface area contributed by atoms with Crippen LogP contribution in [-0.4, -0.2) is 24.7 Å². The van der Waals surface area contributed by atoms with Crippen LogP contribution in [0.1, 0.15) is 35.7 Å². The first kappa shape index (κ1) is 15.5. The van der Waals surface area contributed by atoms with E-state index >= 15 is 0 Å². The summed E-state index contributed by atoms with van der Waals surface area (Å²) in [4.78, 5) is 0. The van der Waals surface area contributed by atoms with Crippen molar-refractivity contribution in [2.24, 2.45) is 14.1 Å². The van der Waals surface area contributed by atoms with Crippen LogP contribution >= 0.6 is 27.5 Å². The molecule has 2 heterocycles. The normalized spacial score (nSPS) is 12.9. The van der Waals surface area contributed by atoms with Crippen molar-refractivity contribution < 1.29 is 5.11 Å². The highest BCUT2D eigenvalue weighted by Gasteiger charge is 2.23. The second-order valence-electron chi connectivity index (χ2n) is 4.82. The van der Waals surface area contributed by atoms with Gasteiger partial charge in [-0.2, -0.15) is 10.2 Å². The number of nitrogens with zero attached hydrogens (tertiary/aromatic N) is 4. The van der Waals surface area contributed by atoms with Gasteiger partial charge in [-0.15, -0.1) is 0 Å². The number of aryl methyl sites for hydroxylation is 4. The third-order valence-electron chi connectivity index (χ3n) is 3.42. The minimum Gasteiger partial charge on any atom is -0.388 e. The van der Waals surface area contributed by atoms with Crippen LogP contribution in [0.5, 0.6) is 0 Å². The van der Waals surface area contributed by atoms with Crippen molar-refractivity contribution in [2.75, 3.05) is 0 Å². The number of aromatic nitrogens is 4. The van der Waals surface area contributed by atoms with Gasteiger partial charge in [0.2, 0.25) is 0 Å². The molecule has 2 aromatic heterocycles. The van der Waals surface area contributed by atoms with E-state index in [0.717, 1.165) is 28.0 Å². The molecule has 5 nitrogen and oxygen atoms in total. The van der Waals surface area contributed by atoms with Gasteiger partial charge in [0.15, 0.2) is 0 Å². The van der Waals surface area contributed by atoms with Gasteiger partial charge in [0.25, 0.3) is 0 Å². The van der Waals surface area contributed by atoms with Crippen molar-refractivity contribution in [1.29, 1.82) is 0 Å². The topological polar surface area (TPSA) is 55.9 Å². The molecule has 0 bridgehead atoms. The predicted octanol–water partition coefficient (Wildman–Crippen LogP) is 2.72. The predicted molar refractivity (Wildman–Crippen MR) is 81.9 cm³/mol. The van der Waals surface area contributed by atoms with Crippen LogP contribution in [-0.2, 0) is 26.9 Å². The quantitative estimate of drug-likeness (QED) is 0.911. The van der Waals surface area contributed by atoms with Gasteiger partial charge < -0.3 is 5.11 Å². The van der Waals surface area contributed by atoms with E-state index in [1.165, 1.54) is 0 Å². The van der Waals surface area contributed by atoms with Crippen molar-refractivity contribution in [2.45, 2.75) is 32.8 Å². The van der Waals surface area contributed by atoms with Crippen molar-refractivity contribution in [3.05, 3.63) is 32.3 Å². The standard InChI is InChI=1S/C13H18BrClN4O/c1-5-8-12(14)9(18(3)17-8)6-10(20)11-7(2)16-19(4)13(11)15/h10,20H,5-6H2,1-4H3. The molecule has 0 amide bonds. The van der Waals surface area contributed by atoms with E-state index in [4.69, 9.17) is 11.6 Å². The number of hydrogen-bond acceptors (Lipinski definition) is 3. The molecule has 1 atom stereocenters. The van der Waals surface area contributed by atoms with Crippen LogP contribution in [0.2, 0.25) is 5.15 Å². The SMILES string of the molecule is CCc1nn(C)c(CC(O)c2c(C)nn(C)c2Cl)c1Br. The largest absolute Gasteiger partial charge is 0.388 e. The molecule has 20 heavy (non-hydrogen) atoms. The molecular weight excluding hydrogens is 344 g/mol. The van der Waals surface area contributed by atoms with E-state index in [9.17, 15) is 5.11 Å². The summed E-state index contributed by atoms with van der Waals surface area (Å²) in [5.41, 5.74) is 3.37. The lowest BCUT2D eigenvalue weighted by Gasteiger charge is -2.11. The van der Waals surface area contributed by atoms with Gasteiger partial charge in [-0.05, 0) is 29.3 Å². The van der Waals surface area contributed by atoms with Crippen molar-refractivity contribution in [3.8, 4) is 0 Å². The first-order valence-corrected chi connectivity index (χ1v) is 7.61. The summed E-state index contributed by atoms with van der Waals surface area (Å²) < 4.78 is 4.33. The third kappa shape index (κ3) is 2.64. The Hall–Kier alpha value is -0.850. The Morgan fingerprint density at radius 3 is 2.40 bits per heavy atom. The van der Waals surface area contributed by atoms with Crippen LogP contribution in [0.3, 0.4) is 0 Å². The van der Waals surface area contributed by atoms with Crippen LogP contribution in [0.25, 0.3) is 0 Å². The molecule has 0 radical (unpaired) electrons. The number of aliphatic hydroxyl groups excluding tert-OH is 1. The average molecular weight is 362 g/mol. The maximum absolute atomic E-state index is 10.5. The Balaban J connectivity index is 2.32. The fourth-order valence-corrected chi connectivity index (χ4v) is 3.43. The molecule has 0 aliphatic heterocycles. The third-order valence-corrected chi connectivity index (χ3v) is 4.78. The molecule has 0 saturated heterocycles. The van der Waals surface area contributed by atoms with E-state index in [-0.39, 0.29) is 0 Å². The number of halogens is 2. The molecule has 0 saturated carbocycles. The summed E-state index contributed by atoms with van der Waals surface area (Å²) in [7, 11) is 3.64. The smallest absolute Gasteiger partial charge is 0.132 e. The zero-order chi connectivity index (χ0) is 15.0. The van der Waals surface area contributed by atoms with Gasteiger partial charge in [0.1, 0.15) is 5.15 Å². The van der Waals surface area contributed by atoms with E-state index in [1.807, 2.05) is 14.0 Å². The van der Waals surface area contributed by atoms with Gasteiger partial charge in [-0.25, -0.2) is 0 Å². The minimum atomic E-state index is -0.701. The Morgan fingerprint density at radius 1 is 1.30 bits per heavy atom. The molecule has 1 unspecified atom stereocenters. The second-order valence-corrected chi connectivity index (χ2v) is 5.97. The zero-order valence-corrected chi connectivity index (χ0v) is 14.3. The van der Waals surface area contributed by atoms with Gasteiger partial charge in [-0.3, -0.25) is 9.36 Å². The molecule has 0 spiro atoms. The molecule has 110 valence electrons. The minimum absolute atomic E-state index is 0.441. The summed E-state index contributed by atoms with van der Waals surface area (Å²) in [6, 6.07) is 0. The molecule has 0 fully saturated rings. The van der Waals surface area contributed by atoms with Crippen LogP contribution in [0.4, 0.5) is 0 Å².